The molecule has 1 aromatic heterocycles. The van der Waals surface area contributed by atoms with Gasteiger partial charge in [-0.3, -0.25) is 19.3 Å². The number of benzene rings is 1. The number of nitrogens with zero attached hydrogens (tertiary/aromatic N) is 3. The lowest BCUT2D eigenvalue weighted by molar-refractivity contribution is -0.146. The molecule has 2 aromatic rings. The van der Waals surface area contributed by atoms with Gasteiger partial charge in [0.15, 0.2) is 0 Å². The van der Waals surface area contributed by atoms with Crippen LogP contribution in [0.3, 0.4) is 0 Å². The van der Waals surface area contributed by atoms with Gasteiger partial charge in [0, 0.05) is 16.1 Å². The maximum Gasteiger partial charge on any atom is 0.248 e. The second kappa shape index (κ2) is 8.29. The molecule has 1 aromatic carbocycles. The Morgan fingerprint density at radius 2 is 1.86 bits per heavy atom. The lowest BCUT2D eigenvalue weighted by Gasteiger charge is -2.29. The van der Waals surface area contributed by atoms with Gasteiger partial charge in [0.2, 0.25) is 17.7 Å². The fourth-order valence-corrected chi connectivity index (χ4v) is 3.22. The zero-order chi connectivity index (χ0) is 21.2. The molecule has 0 aliphatic carbocycles. The van der Waals surface area contributed by atoms with Crippen molar-refractivity contribution in [3.8, 4) is 0 Å². The smallest absolute Gasteiger partial charge is 0.248 e. The molecule has 0 bridgehead atoms. The summed E-state index contributed by atoms with van der Waals surface area (Å²) in [6.07, 6.45) is 1.53. The Morgan fingerprint density at radius 1 is 1.17 bits per heavy atom. The molecule has 2 heterocycles. The summed E-state index contributed by atoms with van der Waals surface area (Å²) in [6.45, 7) is 5.58. The van der Waals surface area contributed by atoms with Crippen LogP contribution in [0.5, 0.6) is 0 Å². The maximum atomic E-state index is 12.9. The van der Waals surface area contributed by atoms with Gasteiger partial charge in [0.25, 0.3) is 0 Å². The van der Waals surface area contributed by atoms with E-state index in [-0.39, 0.29) is 44.0 Å². The second-order valence-corrected chi connectivity index (χ2v) is 8.46. The quantitative estimate of drug-likeness (QED) is 0.749. The zero-order valence-electron chi connectivity index (χ0n) is 16.7. The average molecular weight is 418 g/mol. The molecular formula is C21H24ClN3O4. The highest BCUT2D eigenvalue weighted by atomic mass is 35.5. The van der Waals surface area contributed by atoms with E-state index in [1.165, 1.54) is 21.0 Å². The van der Waals surface area contributed by atoms with E-state index in [0.29, 0.717) is 16.5 Å². The predicted octanol–water partition coefficient (Wildman–Crippen LogP) is 3.14. The van der Waals surface area contributed by atoms with Crippen LogP contribution in [0.1, 0.15) is 26.5 Å². The fraction of sp³-hybridized carbons (Fsp3) is 0.381. The van der Waals surface area contributed by atoms with E-state index in [4.69, 9.17) is 16.0 Å². The van der Waals surface area contributed by atoms with E-state index in [1.807, 2.05) is 0 Å². The average Bonchev–Trinajstić information content (AvgIpc) is 3.30. The van der Waals surface area contributed by atoms with Crippen molar-refractivity contribution in [2.45, 2.75) is 27.3 Å². The molecular weight excluding hydrogens is 394 g/mol. The Labute approximate surface area is 174 Å². The van der Waals surface area contributed by atoms with Crippen LogP contribution in [0, 0.1) is 5.41 Å². The summed E-state index contributed by atoms with van der Waals surface area (Å²) in [7, 11) is 0. The normalized spacial score (nSPS) is 14.4. The summed E-state index contributed by atoms with van der Waals surface area (Å²) < 4.78 is 5.34. The number of hydrogen-bond acceptors (Lipinski definition) is 4. The van der Waals surface area contributed by atoms with Crippen molar-refractivity contribution < 1.29 is 18.8 Å². The molecule has 0 saturated carbocycles. The van der Waals surface area contributed by atoms with Crippen molar-refractivity contribution in [1.29, 1.82) is 0 Å². The third-order valence-electron chi connectivity index (χ3n) is 4.61. The van der Waals surface area contributed by atoms with E-state index in [1.54, 1.807) is 57.2 Å². The summed E-state index contributed by atoms with van der Waals surface area (Å²) in [5.41, 5.74) is 0.0242. The van der Waals surface area contributed by atoms with Gasteiger partial charge in [-0.05, 0) is 36.4 Å². The highest BCUT2D eigenvalue weighted by Gasteiger charge is 2.35. The molecule has 29 heavy (non-hydrogen) atoms. The first-order valence-electron chi connectivity index (χ1n) is 9.30. The third kappa shape index (κ3) is 4.98. The molecule has 1 aliphatic heterocycles. The summed E-state index contributed by atoms with van der Waals surface area (Å²) in [5, 5.41) is 0.572. The van der Waals surface area contributed by atoms with E-state index < -0.39 is 5.41 Å². The SMILES string of the molecule is CC(C)(C)C(=O)N(CC(=O)N1CC(=O)N(c2ccc(Cl)cc2)C1)Cc1ccco1. The predicted molar refractivity (Wildman–Crippen MR) is 109 cm³/mol. The van der Waals surface area contributed by atoms with Gasteiger partial charge in [0.05, 0.1) is 12.8 Å². The molecule has 0 unspecified atom stereocenters. The van der Waals surface area contributed by atoms with Crippen LogP contribution in [-0.4, -0.2) is 47.3 Å². The Hall–Kier alpha value is -2.80. The van der Waals surface area contributed by atoms with Crippen LogP contribution in [0.4, 0.5) is 5.69 Å². The number of anilines is 1. The van der Waals surface area contributed by atoms with Crippen LogP contribution >= 0.6 is 11.6 Å². The Bertz CT molecular complexity index is 888. The van der Waals surface area contributed by atoms with E-state index in [9.17, 15) is 14.4 Å². The van der Waals surface area contributed by atoms with Gasteiger partial charge < -0.3 is 14.2 Å². The van der Waals surface area contributed by atoms with Crippen LogP contribution < -0.4 is 4.90 Å². The molecule has 3 amide bonds. The van der Waals surface area contributed by atoms with Crippen molar-refractivity contribution in [1.82, 2.24) is 9.80 Å². The van der Waals surface area contributed by atoms with Crippen molar-refractivity contribution in [3.63, 3.8) is 0 Å². The van der Waals surface area contributed by atoms with Gasteiger partial charge in [-0.25, -0.2) is 0 Å². The summed E-state index contributed by atoms with van der Waals surface area (Å²) >= 11 is 5.90. The number of halogens is 1. The largest absolute Gasteiger partial charge is 0.467 e. The van der Waals surface area contributed by atoms with Gasteiger partial charge in [-0.2, -0.15) is 0 Å². The maximum absolute atomic E-state index is 12.9. The van der Waals surface area contributed by atoms with Crippen LogP contribution in [0.15, 0.2) is 47.1 Å². The van der Waals surface area contributed by atoms with Gasteiger partial charge >= 0.3 is 0 Å². The van der Waals surface area contributed by atoms with Gasteiger partial charge in [0.1, 0.15) is 25.5 Å². The van der Waals surface area contributed by atoms with Gasteiger partial charge in [-0.15, -0.1) is 0 Å². The lowest BCUT2D eigenvalue weighted by Crippen LogP contribution is -2.46. The summed E-state index contributed by atoms with van der Waals surface area (Å²) in [6, 6.07) is 10.4. The Kier molecular flexibility index (Phi) is 5.98. The number of furan rings is 1. The second-order valence-electron chi connectivity index (χ2n) is 8.02. The van der Waals surface area contributed by atoms with E-state index >= 15 is 0 Å². The first-order chi connectivity index (χ1) is 13.6. The van der Waals surface area contributed by atoms with Gasteiger partial charge in [-0.1, -0.05) is 32.4 Å². The number of amides is 3. The molecule has 0 radical (unpaired) electrons. The summed E-state index contributed by atoms with van der Waals surface area (Å²) in [5.74, 6) is -0.0441. The van der Waals surface area contributed by atoms with Crippen molar-refractivity contribution in [3.05, 3.63) is 53.4 Å². The number of carbonyl (C=O) groups is 3. The van der Waals surface area contributed by atoms with E-state index in [0.717, 1.165) is 0 Å². The molecule has 0 spiro atoms. The topological polar surface area (TPSA) is 74.1 Å². The molecule has 154 valence electrons. The first-order valence-corrected chi connectivity index (χ1v) is 9.68. The summed E-state index contributed by atoms with van der Waals surface area (Å²) in [4.78, 5) is 42.6. The van der Waals surface area contributed by atoms with Crippen molar-refractivity contribution in [2.75, 3.05) is 24.7 Å². The Balaban J connectivity index is 1.71. The molecule has 8 heteroatoms. The van der Waals surface area contributed by atoms with Crippen LogP contribution in [0.2, 0.25) is 5.02 Å². The zero-order valence-corrected chi connectivity index (χ0v) is 17.5. The molecule has 0 N–H and O–H groups in total. The highest BCUT2D eigenvalue weighted by molar-refractivity contribution is 6.30. The molecule has 3 rings (SSSR count). The number of carbonyl (C=O) groups excluding carboxylic acids is 3. The third-order valence-corrected chi connectivity index (χ3v) is 4.86. The van der Waals surface area contributed by atoms with Crippen LogP contribution in [0.25, 0.3) is 0 Å². The Morgan fingerprint density at radius 3 is 2.45 bits per heavy atom. The van der Waals surface area contributed by atoms with Crippen LogP contribution in [-0.2, 0) is 20.9 Å². The molecule has 7 nitrogen and oxygen atoms in total. The standard InChI is InChI=1S/C21H24ClN3O4/c1-21(2,3)20(28)23(11-17-5-4-10-29-17)12-18(26)24-13-19(27)25(14-24)16-8-6-15(22)7-9-16/h4-10H,11-14H2,1-3H3. The monoisotopic (exact) mass is 417 g/mol. The minimum absolute atomic E-state index is 0.0280. The van der Waals surface area contributed by atoms with E-state index in [2.05, 4.69) is 0 Å². The number of rotatable bonds is 5. The fourth-order valence-electron chi connectivity index (χ4n) is 3.09. The molecule has 1 fully saturated rings. The minimum atomic E-state index is -0.650. The number of hydrogen-bond donors (Lipinski definition) is 0. The lowest BCUT2D eigenvalue weighted by atomic mass is 9.94. The molecule has 1 saturated heterocycles. The van der Waals surface area contributed by atoms with Crippen molar-refractivity contribution in [2.24, 2.45) is 5.41 Å². The van der Waals surface area contributed by atoms with Crippen molar-refractivity contribution >= 4 is 35.0 Å². The molecule has 0 atom stereocenters. The molecule has 1 aliphatic rings. The highest BCUT2D eigenvalue weighted by Crippen LogP contribution is 2.23. The first kappa shape index (κ1) is 20.9. The minimum Gasteiger partial charge on any atom is -0.467 e.